The molecule has 1 aromatic carbocycles. The van der Waals surface area contributed by atoms with Gasteiger partial charge in [-0.1, -0.05) is 43.7 Å². The molecular weight excluding hydrogens is 234 g/mol. The summed E-state index contributed by atoms with van der Waals surface area (Å²) in [6, 6.07) is 10.5. The molecule has 19 heavy (non-hydrogen) atoms. The molecule has 2 aromatic rings. The molecule has 0 saturated carbocycles. The van der Waals surface area contributed by atoms with Gasteiger partial charge in [-0.25, -0.2) is 9.97 Å². The van der Waals surface area contributed by atoms with Crippen molar-refractivity contribution in [2.45, 2.75) is 33.6 Å². The number of anilines is 1. The van der Waals surface area contributed by atoms with Crippen molar-refractivity contribution in [2.75, 3.05) is 11.9 Å². The first-order chi connectivity index (χ1) is 9.22. The summed E-state index contributed by atoms with van der Waals surface area (Å²) >= 11 is 0. The first-order valence-electron chi connectivity index (χ1n) is 6.91. The summed E-state index contributed by atoms with van der Waals surface area (Å²) in [6.45, 7) is 7.26. The van der Waals surface area contributed by atoms with Crippen molar-refractivity contribution in [3.05, 3.63) is 41.7 Å². The van der Waals surface area contributed by atoms with Crippen LogP contribution in [0.3, 0.4) is 0 Å². The molecule has 0 atom stereocenters. The lowest BCUT2D eigenvalue weighted by atomic mass is 10.1. The lowest BCUT2D eigenvalue weighted by Gasteiger charge is -2.09. The number of rotatable bonds is 5. The van der Waals surface area contributed by atoms with Crippen molar-refractivity contribution in [2.24, 2.45) is 0 Å². The van der Waals surface area contributed by atoms with Crippen LogP contribution in [0.4, 0.5) is 5.82 Å². The monoisotopic (exact) mass is 255 g/mol. The zero-order valence-corrected chi connectivity index (χ0v) is 11.9. The SMILES string of the molecule is CCCNc1cc(-c2ccc(C)cc2)nc(CC)n1. The maximum atomic E-state index is 4.61. The third-order valence-electron chi connectivity index (χ3n) is 2.99. The van der Waals surface area contributed by atoms with E-state index in [1.54, 1.807) is 0 Å². The highest BCUT2D eigenvalue weighted by atomic mass is 15.0. The Morgan fingerprint density at radius 1 is 1.05 bits per heavy atom. The van der Waals surface area contributed by atoms with Gasteiger partial charge in [-0.3, -0.25) is 0 Å². The maximum Gasteiger partial charge on any atom is 0.131 e. The van der Waals surface area contributed by atoms with E-state index in [-0.39, 0.29) is 0 Å². The quantitative estimate of drug-likeness (QED) is 0.882. The average Bonchev–Trinajstić information content (AvgIpc) is 2.45. The highest BCUT2D eigenvalue weighted by molar-refractivity contribution is 5.62. The molecule has 1 aromatic heterocycles. The van der Waals surface area contributed by atoms with Crippen molar-refractivity contribution < 1.29 is 0 Å². The minimum atomic E-state index is 0.848. The van der Waals surface area contributed by atoms with Crippen LogP contribution in [0.5, 0.6) is 0 Å². The molecular formula is C16H21N3. The van der Waals surface area contributed by atoms with E-state index in [0.29, 0.717) is 0 Å². The van der Waals surface area contributed by atoms with E-state index >= 15 is 0 Å². The lowest BCUT2D eigenvalue weighted by Crippen LogP contribution is -2.05. The van der Waals surface area contributed by atoms with Gasteiger partial charge in [0, 0.05) is 24.6 Å². The Kier molecular flexibility index (Phi) is 4.50. The van der Waals surface area contributed by atoms with Gasteiger partial charge in [0.15, 0.2) is 0 Å². The number of nitrogens with zero attached hydrogens (tertiary/aromatic N) is 2. The first kappa shape index (κ1) is 13.5. The molecule has 0 spiro atoms. The van der Waals surface area contributed by atoms with Gasteiger partial charge >= 0.3 is 0 Å². The fraction of sp³-hybridized carbons (Fsp3) is 0.375. The smallest absolute Gasteiger partial charge is 0.131 e. The molecule has 0 radical (unpaired) electrons. The standard InChI is InChI=1S/C16H21N3/c1-4-10-17-16-11-14(18-15(5-2)19-16)13-8-6-12(3)7-9-13/h6-9,11H,4-5,10H2,1-3H3,(H,17,18,19). The molecule has 3 heteroatoms. The molecule has 0 aliphatic heterocycles. The molecule has 0 unspecified atom stereocenters. The Bertz CT molecular complexity index is 532. The summed E-state index contributed by atoms with van der Waals surface area (Å²) in [5, 5.41) is 3.34. The topological polar surface area (TPSA) is 37.8 Å². The molecule has 0 fully saturated rings. The summed E-state index contributed by atoms with van der Waals surface area (Å²) in [5.74, 6) is 1.81. The largest absolute Gasteiger partial charge is 0.370 e. The van der Waals surface area contributed by atoms with E-state index in [2.05, 4.69) is 60.3 Å². The highest BCUT2D eigenvalue weighted by Gasteiger charge is 2.05. The minimum absolute atomic E-state index is 0.848. The van der Waals surface area contributed by atoms with Gasteiger partial charge in [-0.2, -0.15) is 0 Å². The lowest BCUT2D eigenvalue weighted by molar-refractivity contribution is 0.919. The van der Waals surface area contributed by atoms with Gasteiger partial charge in [0.05, 0.1) is 5.69 Å². The number of aromatic nitrogens is 2. The third kappa shape index (κ3) is 3.53. The van der Waals surface area contributed by atoms with Gasteiger partial charge in [0.2, 0.25) is 0 Å². The number of hydrogen-bond acceptors (Lipinski definition) is 3. The van der Waals surface area contributed by atoms with Gasteiger partial charge < -0.3 is 5.32 Å². The fourth-order valence-electron chi connectivity index (χ4n) is 1.87. The van der Waals surface area contributed by atoms with Crippen LogP contribution in [0.1, 0.15) is 31.7 Å². The highest BCUT2D eigenvalue weighted by Crippen LogP contribution is 2.20. The fourth-order valence-corrected chi connectivity index (χ4v) is 1.87. The van der Waals surface area contributed by atoms with E-state index in [1.807, 2.05) is 6.07 Å². The Labute approximate surface area is 115 Å². The van der Waals surface area contributed by atoms with Crippen LogP contribution in [0.15, 0.2) is 30.3 Å². The Morgan fingerprint density at radius 2 is 1.79 bits per heavy atom. The van der Waals surface area contributed by atoms with E-state index in [1.165, 1.54) is 5.56 Å². The van der Waals surface area contributed by atoms with Crippen LogP contribution >= 0.6 is 0 Å². The number of hydrogen-bond donors (Lipinski definition) is 1. The van der Waals surface area contributed by atoms with Crippen LogP contribution in [0.2, 0.25) is 0 Å². The average molecular weight is 255 g/mol. The zero-order valence-electron chi connectivity index (χ0n) is 11.9. The van der Waals surface area contributed by atoms with E-state index in [9.17, 15) is 0 Å². The zero-order chi connectivity index (χ0) is 13.7. The van der Waals surface area contributed by atoms with Crippen LogP contribution in [-0.2, 0) is 6.42 Å². The Balaban J connectivity index is 2.35. The summed E-state index contributed by atoms with van der Waals surface area (Å²) < 4.78 is 0. The second kappa shape index (κ2) is 6.32. The molecule has 2 rings (SSSR count). The molecule has 0 aliphatic carbocycles. The summed E-state index contributed by atoms with van der Waals surface area (Å²) in [6.07, 6.45) is 1.94. The Morgan fingerprint density at radius 3 is 2.42 bits per heavy atom. The second-order valence-electron chi connectivity index (χ2n) is 4.70. The van der Waals surface area contributed by atoms with Gasteiger partial charge in [0.1, 0.15) is 11.6 Å². The number of benzene rings is 1. The molecule has 0 saturated heterocycles. The van der Waals surface area contributed by atoms with Gasteiger partial charge in [-0.05, 0) is 13.3 Å². The second-order valence-corrected chi connectivity index (χ2v) is 4.70. The van der Waals surface area contributed by atoms with E-state index < -0.39 is 0 Å². The molecule has 0 bridgehead atoms. The van der Waals surface area contributed by atoms with Crippen molar-refractivity contribution in [3.8, 4) is 11.3 Å². The maximum absolute atomic E-state index is 4.61. The van der Waals surface area contributed by atoms with Gasteiger partial charge in [-0.15, -0.1) is 0 Å². The molecule has 1 N–H and O–H groups in total. The first-order valence-corrected chi connectivity index (χ1v) is 6.91. The van der Waals surface area contributed by atoms with E-state index in [4.69, 9.17) is 0 Å². The van der Waals surface area contributed by atoms with Crippen LogP contribution in [-0.4, -0.2) is 16.5 Å². The number of aryl methyl sites for hydroxylation is 2. The van der Waals surface area contributed by atoms with Gasteiger partial charge in [0.25, 0.3) is 0 Å². The van der Waals surface area contributed by atoms with Crippen molar-refractivity contribution in [3.63, 3.8) is 0 Å². The summed E-state index contributed by atoms with van der Waals surface area (Å²) in [7, 11) is 0. The molecule has 1 heterocycles. The predicted octanol–water partition coefficient (Wildman–Crippen LogP) is 3.84. The minimum Gasteiger partial charge on any atom is -0.370 e. The summed E-state index contributed by atoms with van der Waals surface area (Å²) in [4.78, 5) is 9.12. The van der Waals surface area contributed by atoms with Crippen LogP contribution < -0.4 is 5.32 Å². The summed E-state index contributed by atoms with van der Waals surface area (Å²) in [5.41, 5.74) is 3.39. The van der Waals surface area contributed by atoms with Crippen LogP contribution in [0.25, 0.3) is 11.3 Å². The van der Waals surface area contributed by atoms with Crippen molar-refractivity contribution in [1.82, 2.24) is 9.97 Å². The number of nitrogens with one attached hydrogen (secondary N) is 1. The normalized spacial score (nSPS) is 10.5. The van der Waals surface area contributed by atoms with Crippen molar-refractivity contribution in [1.29, 1.82) is 0 Å². The molecule has 3 nitrogen and oxygen atoms in total. The Hall–Kier alpha value is -1.90. The van der Waals surface area contributed by atoms with Crippen molar-refractivity contribution >= 4 is 5.82 Å². The molecule has 100 valence electrons. The predicted molar refractivity (Wildman–Crippen MR) is 80.4 cm³/mol. The third-order valence-corrected chi connectivity index (χ3v) is 2.99. The molecule has 0 aliphatic rings. The molecule has 0 amide bonds. The van der Waals surface area contributed by atoms with E-state index in [0.717, 1.165) is 42.3 Å². The van der Waals surface area contributed by atoms with Crippen LogP contribution in [0, 0.1) is 6.92 Å².